The van der Waals surface area contributed by atoms with E-state index in [4.69, 9.17) is 21.1 Å². The number of allylic oxidation sites excluding steroid dienone is 1. The van der Waals surface area contributed by atoms with Crippen LogP contribution in [0.15, 0.2) is 89.6 Å². The van der Waals surface area contributed by atoms with E-state index in [1.54, 1.807) is 30.5 Å². The van der Waals surface area contributed by atoms with Gasteiger partial charge in [0, 0.05) is 86.8 Å². The van der Waals surface area contributed by atoms with E-state index < -0.39 is 54.7 Å². The van der Waals surface area contributed by atoms with E-state index in [2.05, 4.69) is 38.9 Å². The normalized spacial score (nSPS) is 18.3. The van der Waals surface area contributed by atoms with Crippen molar-refractivity contribution in [3.8, 4) is 11.5 Å². The highest BCUT2D eigenvalue weighted by Gasteiger charge is 2.34. The first kappa shape index (κ1) is 47.5. The van der Waals surface area contributed by atoms with Gasteiger partial charge in [0.1, 0.15) is 28.6 Å². The molecule has 1 atom stereocenters. The molecule has 4 heterocycles. The molecule has 2 saturated heterocycles. The molecule has 0 radical (unpaired) electrons. The maximum absolute atomic E-state index is 14.0. The molecule has 0 spiro atoms. The van der Waals surface area contributed by atoms with E-state index in [1.807, 2.05) is 0 Å². The Bertz CT molecular complexity index is 2850. The van der Waals surface area contributed by atoms with Crippen LogP contribution in [0.1, 0.15) is 54.6 Å². The highest BCUT2D eigenvalue weighted by atomic mass is 35.5. The lowest BCUT2D eigenvalue weighted by molar-refractivity contribution is -0.384. The third kappa shape index (κ3) is 11.1. The number of anilines is 2. The number of nitrogens with zero attached hydrogens (tertiary/aromatic N) is 5. The number of hydrogen-bond acceptors (Lipinski definition) is 12. The van der Waals surface area contributed by atoms with Crippen LogP contribution in [0.2, 0.25) is 5.02 Å². The fraction of sp³-hybridized carbons (Fsp3) is 0.383. The number of carbonyl (C=O) groups is 2. The number of piperazine rings is 1. The van der Waals surface area contributed by atoms with Crippen molar-refractivity contribution in [1.82, 2.24) is 19.8 Å². The largest absolute Gasteiger partial charge is 0.455 e. The molecular formula is C47H49ClF3N7O8S. The number of benzene rings is 3. The molecule has 0 bridgehead atoms. The van der Waals surface area contributed by atoms with Gasteiger partial charge in [0.05, 0.1) is 39.9 Å². The summed E-state index contributed by atoms with van der Waals surface area (Å²) in [5.74, 6) is -1.41. The minimum absolute atomic E-state index is 0.0219. The van der Waals surface area contributed by atoms with Crippen LogP contribution in [0.25, 0.3) is 16.6 Å². The minimum atomic E-state index is -4.50. The molecule has 2 aromatic heterocycles. The van der Waals surface area contributed by atoms with Crippen LogP contribution in [-0.4, -0.2) is 116 Å². The molecule has 15 nitrogen and oxygen atoms in total. The summed E-state index contributed by atoms with van der Waals surface area (Å²) in [5.41, 5.74) is 2.76. The predicted octanol–water partition coefficient (Wildman–Crippen LogP) is 8.65. The van der Waals surface area contributed by atoms with Gasteiger partial charge in [0.25, 0.3) is 5.69 Å². The molecule has 8 rings (SSSR count). The fourth-order valence-electron chi connectivity index (χ4n) is 8.81. The SMILES string of the molecule is CC1(C)CCC(CN2CCN(c3ccc(C(=O)CS(=O)(=O)c4ccc(NCC5CN(C=O)CCO5)c([N+](=O)[O-])c4)c(Oc4cnc5[nH]ccc5c4)c3)CC2)=C(c2ccc(C(F)(F)F)cc2Cl)C1. The maximum Gasteiger partial charge on any atom is 0.416 e. The monoisotopic (exact) mass is 963 g/mol. The summed E-state index contributed by atoms with van der Waals surface area (Å²) in [5, 5.41) is 15.9. The molecule has 1 aliphatic carbocycles. The molecule has 20 heteroatoms. The molecule has 67 heavy (non-hydrogen) atoms. The van der Waals surface area contributed by atoms with Crippen LogP contribution in [0.5, 0.6) is 11.5 Å². The van der Waals surface area contributed by atoms with Crippen LogP contribution >= 0.6 is 11.6 Å². The zero-order valence-electron chi connectivity index (χ0n) is 36.8. The summed E-state index contributed by atoms with van der Waals surface area (Å²) in [6.45, 7) is 8.54. The second-order valence-electron chi connectivity index (χ2n) is 17.8. The number of hydrogen-bond donors (Lipinski definition) is 2. The van der Waals surface area contributed by atoms with Crippen molar-refractivity contribution in [2.24, 2.45) is 5.41 Å². The summed E-state index contributed by atoms with van der Waals surface area (Å²) >= 11 is 6.53. The molecule has 2 N–H and O–H groups in total. The van der Waals surface area contributed by atoms with E-state index in [0.29, 0.717) is 75.7 Å². The average molecular weight is 964 g/mol. The van der Waals surface area contributed by atoms with Gasteiger partial charge >= 0.3 is 6.18 Å². The third-order valence-corrected chi connectivity index (χ3v) is 14.4. The van der Waals surface area contributed by atoms with Crippen LogP contribution in [0.3, 0.4) is 0 Å². The second-order valence-corrected chi connectivity index (χ2v) is 20.2. The van der Waals surface area contributed by atoms with Crippen molar-refractivity contribution in [2.75, 3.05) is 74.9 Å². The number of aromatic nitrogens is 2. The zero-order chi connectivity index (χ0) is 47.7. The van der Waals surface area contributed by atoms with Crippen LogP contribution in [-0.2, 0) is 25.5 Å². The number of ether oxygens (including phenoxy) is 2. The summed E-state index contributed by atoms with van der Waals surface area (Å²) in [6.07, 6.45) is 1.36. The Morgan fingerprint density at radius 3 is 2.60 bits per heavy atom. The molecule has 0 saturated carbocycles. The lowest BCUT2D eigenvalue weighted by Gasteiger charge is -2.39. The van der Waals surface area contributed by atoms with Gasteiger partial charge in [-0.3, -0.25) is 24.6 Å². The standard InChI is InChI=1S/C47H49ClF3N7O8S/c1-46(2)11-9-31(39(23-46)37-6-3-32(20-40(37)48)47(49,50)51)26-55-13-15-57(16-14-55)33-4-7-38(44(21-33)66-34-19-30-10-12-52-45(30)54-24-34)43(60)28-67(63,64)36-5-8-41(42(22-36)58(61)62)53-25-35-27-56(29-59)17-18-65-35/h3-8,10,12,19-22,24,29,35,53H,9,11,13-18,23,25-28H2,1-2H3,(H,52,54). The number of pyridine rings is 1. The summed E-state index contributed by atoms with van der Waals surface area (Å²) < 4.78 is 80.1. The molecule has 3 aliphatic rings. The fourth-order valence-corrected chi connectivity index (χ4v) is 10.3. The van der Waals surface area contributed by atoms with E-state index in [9.17, 15) is 41.3 Å². The third-order valence-electron chi connectivity index (χ3n) is 12.5. The lowest BCUT2D eigenvalue weighted by Crippen LogP contribution is -2.47. The molecule has 1 unspecified atom stereocenters. The Kier molecular flexibility index (Phi) is 13.7. The Hall–Kier alpha value is -6.02. The van der Waals surface area contributed by atoms with Crippen molar-refractivity contribution in [3.63, 3.8) is 0 Å². The topological polar surface area (TPSA) is 180 Å². The van der Waals surface area contributed by atoms with Crippen molar-refractivity contribution >= 4 is 67.3 Å². The second kappa shape index (κ2) is 19.3. The van der Waals surface area contributed by atoms with Gasteiger partial charge in [-0.05, 0) is 84.3 Å². The highest BCUT2D eigenvalue weighted by Crippen LogP contribution is 2.46. The molecule has 5 aromatic rings. The van der Waals surface area contributed by atoms with E-state index >= 15 is 0 Å². The number of ketones is 1. The maximum atomic E-state index is 14.0. The van der Waals surface area contributed by atoms with Crippen LogP contribution in [0, 0.1) is 15.5 Å². The van der Waals surface area contributed by atoms with Gasteiger partial charge in [-0.15, -0.1) is 0 Å². The minimum Gasteiger partial charge on any atom is -0.455 e. The Morgan fingerprint density at radius 1 is 1.07 bits per heavy atom. The van der Waals surface area contributed by atoms with Crippen molar-refractivity contribution in [2.45, 2.75) is 50.3 Å². The smallest absolute Gasteiger partial charge is 0.416 e. The molecule has 1 amide bonds. The lowest BCUT2D eigenvalue weighted by atomic mass is 9.72. The number of rotatable bonds is 15. The van der Waals surface area contributed by atoms with Crippen molar-refractivity contribution < 1.29 is 45.6 Å². The number of fused-ring (bicyclic) bond motifs is 1. The number of Topliss-reactive ketones (excluding diaryl/α,β-unsaturated/α-hetero) is 1. The van der Waals surface area contributed by atoms with Gasteiger partial charge in [0.15, 0.2) is 15.6 Å². The van der Waals surface area contributed by atoms with E-state index in [0.717, 1.165) is 53.3 Å². The van der Waals surface area contributed by atoms with Gasteiger partial charge in [-0.2, -0.15) is 13.2 Å². The Labute approximate surface area is 389 Å². The number of nitro groups is 1. The number of aromatic amines is 1. The quantitative estimate of drug-likeness (QED) is 0.0442. The first-order valence-electron chi connectivity index (χ1n) is 21.8. The van der Waals surface area contributed by atoms with Crippen LogP contribution < -0.4 is 15.0 Å². The van der Waals surface area contributed by atoms with Crippen molar-refractivity contribution in [1.29, 1.82) is 0 Å². The predicted molar refractivity (Wildman–Crippen MR) is 248 cm³/mol. The zero-order valence-corrected chi connectivity index (χ0v) is 38.3. The Morgan fingerprint density at radius 2 is 1.87 bits per heavy atom. The number of halogens is 4. The summed E-state index contributed by atoms with van der Waals surface area (Å²) in [6, 6.07) is 15.4. The number of sulfone groups is 1. The van der Waals surface area contributed by atoms with E-state index in [-0.39, 0.29) is 40.5 Å². The number of nitro benzene ring substituents is 1. The van der Waals surface area contributed by atoms with Crippen molar-refractivity contribution in [3.05, 3.63) is 117 Å². The molecule has 2 aliphatic heterocycles. The number of H-pyrrole nitrogens is 1. The number of nitrogens with one attached hydrogen (secondary N) is 2. The summed E-state index contributed by atoms with van der Waals surface area (Å²) in [7, 11) is -4.42. The van der Waals surface area contributed by atoms with Gasteiger partial charge in [-0.1, -0.05) is 37.1 Å². The average Bonchev–Trinajstić information content (AvgIpc) is 3.77. The molecular weight excluding hydrogens is 915 g/mol. The number of morpholine rings is 1. The van der Waals surface area contributed by atoms with E-state index in [1.165, 1.54) is 35.4 Å². The van der Waals surface area contributed by atoms with Crippen LogP contribution in [0.4, 0.5) is 30.2 Å². The first-order valence-corrected chi connectivity index (χ1v) is 23.8. The number of alkyl halides is 3. The molecule has 3 aromatic carbocycles. The molecule has 354 valence electrons. The first-order chi connectivity index (χ1) is 31.9. The highest BCUT2D eigenvalue weighted by molar-refractivity contribution is 7.92. The summed E-state index contributed by atoms with van der Waals surface area (Å²) in [4.78, 5) is 49.6. The van der Waals surface area contributed by atoms with Gasteiger partial charge in [0.2, 0.25) is 6.41 Å². The number of amides is 1. The number of carbonyl (C=O) groups excluding carboxylic acids is 2. The molecule has 2 fully saturated rings. The Balaban J connectivity index is 1.00. The van der Waals surface area contributed by atoms with Gasteiger partial charge in [-0.25, -0.2) is 13.4 Å². The van der Waals surface area contributed by atoms with Gasteiger partial charge < -0.3 is 29.6 Å².